The van der Waals surface area contributed by atoms with E-state index >= 15 is 0 Å². The zero-order chi connectivity index (χ0) is 14.5. The summed E-state index contributed by atoms with van der Waals surface area (Å²) in [5, 5.41) is 23.6. The first-order valence-corrected chi connectivity index (χ1v) is 7.26. The molecule has 0 saturated heterocycles. The molecule has 110 valence electrons. The Morgan fingerprint density at radius 3 is 2.85 bits per heavy atom. The van der Waals surface area contributed by atoms with Crippen molar-refractivity contribution in [1.82, 2.24) is 5.32 Å². The van der Waals surface area contributed by atoms with Crippen molar-refractivity contribution in [3.05, 3.63) is 39.9 Å². The van der Waals surface area contributed by atoms with Crippen LogP contribution in [0.1, 0.15) is 44.2 Å². The van der Waals surface area contributed by atoms with Gasteiger partial charge in [-0.3, -0.25) is 10.1 Å². The van der Waals surface area contributed by atoms with Gasteiger partial charge in [-0.1, -0.05) is 25.5 Å². The third kappa shape index (κ3) is 3.77. The van der Waals surface area contributed by atoms with Crippen LogP contribution in [0.3, 0.4) is 0 Å². The highest BCUT2D eigenvalue weighted by Gasteiger charge is 2.27. The van der Waals surface area contributed by atoms with Gasteiger partial charge >= 0.3 is 0 Å². The molecule has 1 aliphatic carbocycles. The van der Waals surface area contributed by atoms with Gasteiger partial charge in [0.05, 0.1) is 11.0 Å². The summed E-state index contributed by atoms with van der Waals surface area (Å²) in [6.07, 6.45) is 3.57. The monoisotopic (exact) mass is 278 g/mol. The molecule has 1 aliphatic rings. The molecule has 1 saturated carbocycles. The number of hydrogen-bond acceptors (Lipinski definition) is 4. The van der Waals surface area contributed by atoms with Crippen molar-refractivity contribution < 1.29 is 10.0 Å². The Bertz CT molecular complexity index is 458. The summed E-state index contributed by atoms with van der Waals surface area (Å²) < 4.78 is 0. The van der Waals surface area contributed by atoms with Crippen LogP contribution in [0.4, 0.5) is 5.69 Å². The Morgan fingerprint density at radius 1 is 1.50 bits per heavy atom. The Hall–Kier alpha value is -1.46. The number of nitrogens with zero attached hydrogens (tertiary/aromatic N) is 1. The maximum atomic E-state index is 10.8. The number of aliphatic hydroxyl groups is 1. The van der Waals surface area contributed by atoms with E-state index in [-0.39, 0.29) is 22.8 Å². The number of nitro benzene ring substituents is 1. The first-order valence-electron chi connectivity index (χ1n) is 7.26. The lowest BCUT2D eigenvalue weighted by molar-refractivity contribution is -0.384. The van der Waals surface area contributed by atoms with Crippen LogP contribution in [-0.4, -0.2) is 22.7 Å². The topological polar surface area (TPSA) is 75.4 Å². The second-order valence-corrected chi connectivity index (χ2v) is 5.59. The van der Waals surface area contributed by atoms with E-state index in [1.165, 1.54) is 6.07 Å². The van der Waals surface area contributed by atoms with Crippen LogP contribution >= 0.6 is 0 Å². The van der Waals surface area contributed by atoms with Crippen molar-refractivity contribution in [2.24, 2.45) is 5.92 Å². The Kier molecular flexibility index (Phi) is 5.09. The first-order chi connectivity index (χ1) is 9.60. The molecule has 0 aliphatic heterocycles. The number of non-ortho nitro benzene ring substituents is 1. The fourth-order valence-corrected chi connectivity index (χ4v) is 2.71. The highest BCUT2D eigenvalue weighted by molar-refractivity contribution is 5.35. The lowest BCUT2D eigenvalue weighted by Crippen LogP contribution is -2.37. The Morgan fingerprint density at radius 2 is 2.25 bits per heavy atom. The SMILES string of the molecule is CCCC(NCC1CC(O)C1)c1cccc([N+](=O)[O-])c1. The molecule has 1 aromatic carbocycles. The summed E-state index contributed by atoms with van der Waals surface area (Å²) >= 11 is 0. The third-order valence-corrected chi connectivity index (χ3v) is 3.92. The number of nitrogens with one attached hydrogen (secondary N) is 1. The quantitative estimate of drug-likeness (QED) is 0.594. The van der Waals surface area contributed by atoms with Crippen LogP contribution in [0, 0.1) is 16.0 Å². The van der Waals surface area contributed by atoms with Gasteiger partial charge in [-0.2, -0.15) is 0 Å². The zero-order valence-corrected chi connectivity index (χ0v) is 11.8. The van der Waals surface area contributed by atoms with E-state index in [1.54, 1.807) is 12.1 Å². The minimum absolute atomic E-state index is 0.135. The Labute approximate surface area is 119 Å². The van der Waals surface area contributed by atoms with E-state index in [2.05, 4.69) is 12.2 Å². The average Bonchev–Trinajstić information content (AvgIpc) is 2.41. The third-order valence-electron chi connectivity index (χ3n) is 3.92. The minimum Gasteiger partial charge on any atom is -0.393 e. The largest absolute Gasteiger partial charge is 0.393 e. The smallest absolute Gasteiger partial charge is 0.269 e. The molecule has 1 fully saturated rings. The van der Waals surface area contributed by atoms with Gasteiger partial charge in [0.25, 0.3) is 5.69 Å². The molecule has 5 heteroatoms. The Balaban J connectivity index is 1.99. The number of nitro groups is 1. The fourth-order valence-electron chi connectivity index (χ4n) is 2.71. The molecule has 2 N–H and O–H groups in total. The van der Waals surface area contributed by atoms with Gasteiger partial charge in [0.2, 0.25) is 0 Å². The number of hydrogen-bond donors (Lipinski definition) is 2. The van der Waals surface area contributed by atoms with Gasteiger partial charge in [-0.05, 0) is 37.3 Å². The second-order valence-electron chi connectivity index (χ2n) is 5.59. The van der Waals surface area contributed by atoms with E-state index in [1.807, 2.05) is 6.07 Å². The van der Waals surface area contributed by atoms with E-state index < -0.39 is 0 Å². The maximum absolute atomic E-state index is 10.8. The van der Waals surface area contributed by atoms with Crippen LogP contribution in [0.25, 0.3) is 0 Å². The van der Waals surface area contributed by atoms with Crippen LogP contribution in [0.2, 0.25) is 0 Å². The number of rotatable bonds is 7. The first kappa shape index (κ1) is 14.9. The molecule has 0 bridgehead atoms. The van der Waals surface area contributed by atoms with Crippen molar-refractivity contribution in [2.45, 2.75) is 44.8 Å². The summed E-state index contributed by atoms with van der Waals surface area (Å²) in [6, 6.07) is 7.01. The van der Waals surface area contributed by atoms with Crippen molar-refractivity contribution in [3.8, 4) is 0 Å². The number of benzene rings is 1. The number of aliphatic hydroxyl groups excluding tert-OH is 1. The molecule has 0 heterocycles. The summed E-state index contributed by atoms with van der Waals surface area (Å²) in [6.45, 7) is 2.98. The van der Waals surface area contributed by atoms with Crippen LogP contribution in [-0.2, 0) is 0 Å². The van der Waals surface area contributed by atoms with E-state index in [9.17, 15) is 15.2 Å². The van der Waals surface area contributed by atoms with Gasteiger partial charge < -0.3 is 10.4 Å². The summed E-state index contributed by atoms with van der Waals surface area (Å²) in [4.78, 5) is 10.5. The van der Waals surface area contributed by atoms with Crippen LogP contribution in [0.15, 0.2) is 24.3 Å². The molecule has 0 aromatic heterocycles. The highest BCUT2D eigenvalue weighted by atomic mass is 16.6. The van der Waals surface area contributed by atoms with E-state index in [4.69, 9.17) is 0 Å². The molecule has 1 aromatic rings. The van der Waals surface area contributed by atoms with Gasteiger partial charge in [0.1, 0.15) is 0 Å². The van der Waals surface area contributed by atoms with Crippen molar-refractivity contribution in [1.29, 1.82) is 0 Å². The highest BCUT2D eigenvalue weighted by Crippen LogP contribution is 2.28. The van der Waals surface area contributed by atoms with Gasteiger partial charge in [-0.25, -0.2) is 0 Å². The normalized spacial score (nSPS) is 23.1. The molecule has 5 nitrogen and oxygen atoms in total. The van der Waals surface area contributed by atoms with E-state index in [0.717, 1.165) is 37.8 Å². The summed E-state index contributed by atoms with van der Waals surface area (Å²) in [7, 11) is 0. The lowest BCUT2D eigenvalue weighted by atomic mass is 9.82. The molecule has 0 radical (unpaired) electrons. The molecule has 2 rings (SSSR count). The van der Waals surface area contributed by atoms with Crippen molar-refractivity contribution in [2.75, 3.05) is 6.54 Å². The molecular weight excluding hydrogens is 256 g/mol. The second kappa shape index (κ2) is 6.81. The average molecular weight is 278 g/mol. The predicted octanol–water partition coefficient (Wildman–Crippen LogP) is 2.80. The van der Waals surface area contributed by atoms with Gasteiger partial charge in [0, 0.05) is 18.2 Å². The molecule has 0 amide bonds. The summed E-state index contributed by atoms with van der Waals surface area (Å²) in [5.74, 6) is 0.531. The fraction of sp³-hybridized carbons (Fsp3) is 0.600. The van der Waals surface area contributed by atoms with Crippen molar-refractivity contribution >= 4 is 5.69 Å². The molecule has 1 unspecified atom stereocenters. The molecule has 1 atom stereocenters. The maximum Gasteiger partial charge on any atom is 0.269 e. The molecular formula is C15H22N2O3. The van der Waals surface area contributed by atoms with Crippen LogP contribution < -0.4 is 5.32 Å². The van der Waals surface area contributed by atoms with Gasteiger partial charge in [-0.15, -0.1) is 0 Å². The standard InChI is InChI=1S/C15H22N2O3/c1-2-4-15(16-10-11-7-14(18)8-11)12-5-3-6-13(9-12)17(19)20/h3,5-6,9,11,14-16,18H,2,4,7-8,10H2,1H3. The minimum atomic E-state index is -0.352. The van der Waals surface area contributed by atoms with Crippen molar-refractivity contribution in [3.63, 3.8) is 0 Å². The zero-order valence-electron chi connectivity index (χ0n) is 11.8. The molecule has 20 heavy (non-hydrogen) atoms. The van der Waals surface area contributed by atoms with Crippen LogP contribution in [0.5, 0.6) is 0 Å². The van der Waals surface area contributed by atoms with Gasteiger partial charge in [0.15, 0.2) is 0 Å². The van der Waals surface area contributed by atoms with E-state index in [0.29, 0.717) is 5.92 Å². The lowest BCUT2D eigenvalue weighted by Gasteiger charge is -2.33. The summed E-state index contributed by atoms with van der Waals surface area (Å²) in [5.41, 5.74) is 1.12. The molecule has 0 spiro atoms. The predicted molar refractivity (Wildman–Crippen MR) is 77.5 cm³/mol.